The minimum Gasteiger partial charge on any atom is -0.494 e. The molecule has 1 amide bonds. The summed E-state index contributed by atoms with van der Waals surface area (Å²) in [6, 6.07) is 14.9. The smallest absolute Gasteiger partial charge is 0.335 e. The van der Waals surface area contributed by atoms with Crippen LogP contribution in [0.3, 0.4) is 0 Å². The minimum absolute atomic E-state index is 0.194. The number of ether oxygens (including phenoxy) is 1. The molecular weight excluding hydrogens is 440 g/mol. The van der Waals surface area contributed by atoms with Crippen LogP contribution in [0.2, 0.25) is 5.02 Å². The number of furan rings is 1. The number of hydrogen-bond acceptors (Lipinski definition) is 6. The van der Waals surface area contributed by atoms with Crippen LogP contribution in [0.5, 0.6) is 5.75 Å². The average molecular weight is 455 g/mol. The second kappa shape index (κ2) is 8.71. The lowest BCUT2D eigenvalue weighted by Crippen LogP contribution is -2.19. The lowest BCUT2D eigenvalue weighted by atomic mass is 10.1. The van der Waals surface area contributed by atoms with Gasteiger partial charge in [-0.2, -0.15) is 0 Å². The lowest BCUT2D eigenvalue weighted by molar-refractivity contribution is -0.115. The molecule has 2 heterocycles. The van der Waals surface area contributed by atoms with Crippen molar-refractivity contribution in [3.05, 3.63) is 75.8 Å². The number of carbonyl (C=O) groups is 2. The highest BCUT2D eigenvalue weighted by molar-refractivity contribution is 8.18. The molecule has 0 saturated carbocycles. The molecule has 7 nitrogen and oxygen atoms in total. The van der Waals surface area contributed by atoms with E-state index in [1.54, 1.807) is 48.5 Å². The van der Waals surface area contributed by atoms with Gasteiger partial charge >= 0.3 is 5.97 Å². The van der Waals surface area contributed by atoms with Crippen LogP contribution in [-0.4, -0.2) is 29.3 Å². The van der Waals surface area contributed by atoms with Gasteiger partial charge in [-0.15, -0.1) is 0 Å². The molecule has 0 atom stereocenters. The van der Waals surface area contributed by atoms with Gasteiger partial charge < -0.3 is 19.6 Å². The summed E-state index contributed by atoms with van der Waals surface area (Å²) < 4.78 is 11.1. The molecule has 2 aromatic carbocycles. The summed E-state index contributed by atoms with van der Waals surface area (Å²) in [5, 5.41) is 12.6. The molecule has 1 aliphatic rings. The third-order valence-corrected chi connectivity index (χ3v) is 5.48. The number of amides is 1. The molecule has 0 unspecified atom stereocenters. The number of carboxylic acids is 1. The number of nitrogens with one attached hydrogen (secondary N) is 1. The third kappa shape index (κ3) is 4.65. The van der Waals surface area contributed by atoms with Crippen molar-refractivity contribution in [1.82, 2.24) is 5.32 Å². The second-order valence-electron chi connectivity index (χ2n) is 6.38. The molecule has 2 N–H and O–H groups in total. The Morgan fingerprint density at radius 3 is 2.68 bits per heavy atom. The van der Waals surface area contributed by atoms with Crippen molar-refractivity contribution in [3.8, 4) is 17.1 Å². The molecule has 31 heavy (non-hydrogen) atoms. The Morgan fingerprint density at radius 2 is 1.97 bits per heavy atom. The summed E-state index contributed by atoms with van der Waals surface area (Å²) in [6.07, 6.45) is 1.62. The monoisotopic (exact) mass is 454 g/mol. The van der Waals surface area contributed by atoms with Crippen LogP contribution in [0.4, 0.5) is 5.69 Å². The van der Waals surface area contributed by atoms with E-state index in [9.17, 15) is 9.59 Å². The molecule has 1 fully saturated rings. The largest absolute Gasteiger partial charge is 0.494 e. The number of thioether (sulfide) groups is 1. The van der Waals surface area contributed by atoms with E-state index in [0.29, 0.717) is 38.1 Å². The lowest BCUT2D eigenvalue weighted by Gasteiger charge is -2.04. The Bertz CT molecular complexity index is 1230. The first kappa shape index (κ1) is 20.8. The highest BCUT2D eigenvalue weighted by atomic mass is 35.5. The van der Waals surface area contributed by atoms with Gasteiger partial charge in [0.25, 0.3) is 5.91 Å². The van der Waals surface area contributed by atoms with Crippen molar-refractivity contribution < 1.29 is 23.8 Å². The van der Waals surface area contributed by atoms with Gasteiger partial charge in [-0.05, 0) is 54.2 Å². The van der Waals surface area contributed by atoms with Gasteiger partial charge in [0.05, 0.1) is 17.6 Å². The number of carbonyl (C=O) groups excluding carboxylic acids is 1. The fraction of sp³-hybridized carbons (Fsp3) is 0.0455. The van der Waals surface area contributed by atoms with Gasteiger partial charge in [-0.3, -0.25) is 4.79 Å². The maximum Gasteiger partial charge on any atom is 0.335 e. The highest BCUT2D eigenvalue weighted by Gasteiger charge is 2.25. The second-order valence-corrected chi connectivity index (χ2v) is 7.85. The van der Waals surface area contributed by atoms with E-state index in [4.69, 9.17) is 25.9 Å². The van der Waals surface area contributed by atoms with Gasteiger partial charge in [0.1, 0.15) is 23.0 Å². The van der Waals surface area contributed by atoms with E-state index in [1.807, 2.05) is 0 Å². The summed E-state index contributed by atoms with van der Waals surface area (Å²) in [5.41, 5.74) is 1.43. The number of rotatable bonds is 5. The van der Waals surface area contributed by atoms with Crippen molar-refractivity contribution in [2.75, 3.05) is 7.11 Å². The Kier molecular flexibility index (Phi) is 5.83. The van der Waals surface area contributed by atoms with E-state index in [1.165, 1.54) is 31.0 Å². The molecule has 1 aliphatic heterocycles. The predicted octanol–water partition coefficient (Wildman–Crippen LogP) is 5.20. The van der Waals surface area contributed by atoms with Gasteiger partial charge in [-0.1, -0.05) is 23.7 Å². The van der Waals surface area contributed by atoms with Crippen molar-refractivity contribution in [2.45, 2.75) is 0 Å². The Hall–Kier alpha value is -3.49. The van der Waals surface area contributed by atoms with E-state index in [0.717, 1.165) is 5.56 Å². The van der Waals surface area contributed by atoms with Gasteiger partial charge in [0.2, 0.25) is 0 Å². The molecule has 9 heteroatoms. The number of aromatic carboxylic acids is 1. The zero-order chi connectivity index (χ0) is 22.0. The summed E-state index contributed by atoms with van der Waals surface area (Å²) in [4.78, 5) is 28.2. The fourth-order valence-corrected chi connectivity index (χ4v) is 3.81. The molecule has 1 aromatic heterocycles. The van der Waals surface area contributed by atoms with Gasteiger partial charge in [0.15, 0.2) is 5.17 Å². The van der Waals surface area contributed by atoms with Crippen LogP contribution in [0.15, 0.2) is 68.9 Å². The standard InChI is InChI=1S/C22H15ClN2O5S/c1-29-18-8-6-14(23)10-16(18)24-22-25-20(26)19(31-22)11-15-7-9-17(30-15)12-2-4-13(5-3-12)21(27)28/h2-11H,1H3,(H,27,28)(H,24,25,26)/b19-11-. The molecule has 0 bridgehead atoms. The van der Waals surface area contributed by atoms with E-state index in [-0.39, 0.29) is 11.5 Å². The van der Waals surface area contributed by atoms with Crippen molar-refractivity contribution in [2.24, 2.45) is 4.99 Å². The van der Waals surface area contributed by atoms with Crippen LogP contribution in [0.1, 0.15) is 16.1 Å². The van der Waals surface area contributed by atoms with Crippen LogP contribution in [0.25, 0.3) is 17.4 Å². The number of nitrogens with zero attached hydrogens (tertiary/aromatic N) is 1. The number of carboxylic acid groups (broad SMARTS) is 1. The van der Waals surface area contributed by atoms with Crippen LogP contribution in [-0.2, 0) is 4.79 Å². The molecule has 1 saturated heterocycles. The maximum absolute atomic E-state index is 12.3. The number of halogens is 1. The third-order valence-electron chi connectivity index (χ3n) is 4.33. The molecule has 4 rings (SSSR count). The first-order valence-corrected chi connectivity index (χ1v) is 10.2. The molecule has 0 aliphatic carbocycles. The van der Waals surface area contributed by atoms with Crippen LogP contribution >= 0.6 is 23.4 Å². The van der Waals surface area contributed by atoms with E-state index in [2.05, 4.69) is 10.3 Å². The molecule has 0 spiro atoms. The SMILES string of the molecule is COc1ccc(Cl)cc1N=C1NC(=O)/C(=C/c2ccc(-c3ccc(C(=O)O)cc3)o2)S1. The van der Waals surface area contributed by atoms with Crippen molar-refractivity contribution >= 4 is 52.2 Å². The predicted molar refractivity (Wildman–Crippen MR) is 120 cm³/mol. The summed E-state index contributed by atoms with van der Waals surface area (Å²) in [7, 11) is 1.53. The number of aliphatic imine (C=N–C) groups is 1. The normalized spacial score (nSPS) is 16.0. The first-order chi connectivity index (χ1) is 14.9. The van der Waals surface area contributed by atoms with E-state index < -0.39 is 5.97 Å². The van der Waals surface area contributed by atoms with Gasteiger partial charge in [0, 0.05) is 16.7 Å². The summed E-state index contributed by atoms with van der Waals surface area (Å²) in [6.45, 7) is 0. The number of benzene rings is 2. The Morgan fingerprint density at radius 1 is 1.19 bits per heavy atom. The van der Waals surface area contributed by atoms with Crippen molar-refractivity contribution in [3.63, 3.8) is 0 Å². The van der Waals surface area contributed by atoms with Crippen molar-refractivity contribution in [1.29, 1.82) is 0 Å². The maximum atomic E-state index is 12.3. The quantitative estimate of drug-likeness (QED) is 0.514. The van der Waals surface area contributed by atoms with Gasteiger partial charge in [-0.25, -0.2) is 9.79 Å². The molecule has 3 aromatic rings. The number of hydrogen-bond donors (Lipinski definition) is 2. The summed E-state index contributed by atoms with van der Waals surface area (Å²) >= 11 is 7.20. The molecule has 0 radical (unpaired) electrons. The topological polar surface area (TPSA) is 101 Å². The molecular formula is C22H15ClN2O5S. The Balaban J connectivity index is 1.54. The number of amidine groups is 1. The first-order valence-electron chi connectivity index (χ1n) is 8.99. The number of methoxy groups -OCH3 is 1. The van der Waals surface area contributed by atoms with Crippen LogP contribution < -0.4 is 10.1 Å². The zero-order valence-corrected chi connectivity index (χ0v) is 17.7. The van der Waals surface area contributed by atoms with E-state index >= 15 is 0 Å². The average Bonchev–Trinajstić information content (AvgIpc) is 3.35. The highest BCUT2D eigenvalue weighted by Crippen LogP contribution is 2.34. The Labute approximate surface area is 186 Å². The zero-order valence-electron chi connectivity index (χ0n) is 16.1. The van der Waals surface area contributed by atoms with Crippen LogP contribution in [0, 0.1) is 0 Å². The summed E-state index contributed by atoms with van der Waals surface area (Å²) in [5.74, 6) is 0.289. The fourth-order valence-electron chi connectivity index (χ4n) is 2.83. The molecule has 156 valence electrons. The minimum atomic E-state index is -0.992.